The minimum atomic E-state index is -4.53. The second-order valence-corrected chi connectivity index (χ2v) is 8.07. The fourth-order valence-electron chi connectivity index (χ4n) is 2.42. The van der Waals surface area contributed by atoms with Crippen molar-refractivity contribution < 1.29 is 32.1 Å². The zero-order valence-corrected chi connectivity index (χ0v) is 14.5. The van der Waals surface area contributed by atoms with E-state index in [2.05, 4.69) is 15.9 Å². The highest BCUT2D eigenvalue weighted by Gasteiger charge is 2.61. The van der Waals surface area contributed by atoms with E-state index < -0.39 is 38.2 Å². The Balaban J connectivity index is 2.07. The average Bonchev–Trinajstić information content (AvgIpc) is 2.67. The zero-order chi connectivity index (χ0) is 18.6. The Labute approximate surface area is 149 Å². The minimum absolute atomic E-state index is 0.00646. The number of benzene rings is 2. The molecule has 0 fully saturated rings. The van der Waals surface area contributed by atoms with Gasteiger partial charge in [-0.2, -0.15) is 14.0 Å². The van der Waals surface area contributed by atoms with Crippen LogP contribution in [0, 0.1) is 17.1 Å². The van der Waals surface area contributed by atoms with Gasteiger partial charge in [0.15, 0.2) is 6.10 Å². The molecule has 0 amide bonds. The van der Waals surface area contributed by atoms with Crippen molar-refractivity contribution in [1.29, 1.82) is 5.26 Å². The van der Waals surface area contributed by atoms with Gasteiger partial charge in [0.25, 0.3) is 0 Å². The number of rotatable bonds is 2. The van der Waals surface area contributed by atoms with Gasteiger partial charge in [0.1, 0.15) is 17.3 Å². The average molecular weight is 436 g/mol. The summed E-state index contributed by atoms with van der Waals surface area (Å²) in [5.74, 6) is -0.865. The first-order valence-electron chi connectivity index (χ1n) is 6.64. The lowest BCUT2D eigenvalue weighted by Gasteiger charge is -2.34. The van der Waals surface area contributed by atoms with Crippen LogP contribution in [-0.4, -0.2) is 19.5 Å². The number of aliphatic hydroxyl groups is 1. The molecule has 0 radical (unpaired) electrons. The first-order valence-corrected chi connectivity index (χ1v) is 8.98. The lowest BCUT2D eigenvalue weighted by atomic mass is 10.1. The Bertz CT molecular complexity index is 916. The van der Waals surface area contributed by atoms with Crippen LogP contribution in [0.1, 0.15) is 17.2 Å². The predicted octanol–water partition coefficient (Wildman–Crippen LogP) is 5.00. The molecular formula is C15H9BrF3NO4S. The number of ether oxygens (including phenoxy) is 1. The number of hydrogen-bond acceptors (Lipinski definition) is 5. The maximum atomic E-state index is 13.9. The fraction of sp³-hybridized carbons (Fsp3) is 0.133. The Morgan fingerprint density at radius 2 is 1.92 bits per heavy atom. The maximum Gasteiger partial charge on any atom is 0.371 e. The molecule has 1 unspecified atom stereocenters. The number of fused-ring (bicyclic) bond motifs is 1. The first-order chi connectivity index (χ1) is 11.6. The van der Waals surface area contributed by atoms with E-state index in [1.54, 1.807) is 6.07 Å². The van der Waals surface area contributed by atoms with Crippen molar-refractivity contribution in [1.82, 2.24) is 0 Å². The normalized spacial score (nSPS) is 21.3. The molecule has 1 aliphatic heterocycles. The topological polar surface area (TPSA) is 93.7 Å². The van der Waals surface area contributed by atoms with Crippen LogP contribution in [0.25, 0.3) is 0 Å². The molecule has 0 bridgehead atoms. The summed E-state index contributed by atoms with van der Waals surface area (Å²) >= 11 is 3.00. The number of hydrogen-bond donors (Lipinski definition) is 3. The van der Waals surface area contributed by atoms with Gasteiger partial charge in [-0.1, -0.05) is 0 Å². The van der Waals surface area contributed by atoms with Crippen molar-refractivity contribution in [2.45, 2.75) is 16.3 Å². The molecule has 132 valence electrons. The fourth-order valence-corrected chi connectivity index (χ4v) is 4.70. The van der Waals surface area contributed by atoms with Crippen LogP contribution >= 0.6 is 26.5 Å². The molecule has 3 N–H and O–H groups in total. The second-order valence-electron chi connectivity index (χ2n) is 5.19. The van der Waals surface area contributed by atoms with E-state index in [0.717, 1.165) is 18.2 Å². The van der Waals surface area contributed by atoms with E-state index in [1.165, 1.54) is 12.1 Å². The van der Waals surface area contributed by atoms with E-state index in [0.29, 0.717) is 0 Å². The van der Waals surface area contributed by atoms with Gasteiger partial charge in [-0.15, -0.1) is 10.6 Å². The Kier molecular flexibility index (Phi) is 4.25. The van der Waals surface area contributed by atoms with Crippen molar-refractivity contribution in [3.05, 3.63) is 51.7 Å². The monoisotopic (exact) mass is 435 g/mol. The van der Waals surface area contributed by atoms with E-state index in [4.69, 9.17) is 10.00 Å². The van der Waals surface area contributed by atoms with E-state index in [9.17, 15) is 27.4 Å². The lowest BCUT2D eigenvalue weighted by molar-refractivity contribution is -0.0436. The molecule has 10 heteroatoms. The van der Waals surface area contributed by atoms with Crippen LogP contribution in [0.2, 0.25) is 0 Å². The van der Waals surface area contributed by atoms with Crippen LogP contribution in [0.5, 0.6) is 11.5 Å². The summed E-state index contributed by atoms with van der Waals surface area (Å²) in [4.78, 5) is -0.499. The van der Waals surface area contributed by atoms with Crippen LogP contribution < -0.4 is 4.74 Å². The van der Waals surface area contributed by atoms with Crippen molar-refractivity contribution in [2.24, 2.45) is 0 Å². The van der Waals surface area contributed by atoms with E-state index >= 15 is 0 Å². The summed E-state index contributed by atoms with van der Waals surface area (Å²) < 4.78 is 66.1. The van der Waals surface area contributed by atoms with Crippen molar-refractivity contribution >= 4 is 26.5 Å². The van der Waals surface area contributed by atoms with Gasteiger partial charge in [-0.05, 0) is 40.2 Å². The molecule has 2 aromatic rings. The summed E-state index contributed by atoms with van der Waals surface area (Å²) in [5.41, 5.74) is -0.424. The number of aliphatic hydroxyl groups excluding tert-OH is 1. The molecule has 25 heavy (non-hydrogen) atoms. The highest BCUT2D eigenvalue weighted by atomic mass is 79.9. The van der Waals surface area contributed by atoms with Gasteiger partial charge >= 0.3 is 5.25 Å². The van der Waals surface area contributed by atoms with Gasteiger partial charge in [0, 0.05) is 11.6 Å². The molecule has 2 aromatic carbocycles. The zero-order valence-electron chi connectivity index (χ0n) is 12.1. The lowest BCUT2D eigenvalue weighted by Crippen LogP contribution is -2.26. The maximum absolute atomic E-state index is 13.9. The Morgan fingerprint density at radius 3 is 2.56 bits per heavy atom. The third kappa shape index (κ3) is 2.68. The highest BCUT2D eigenvalue weighted by Crippen LogP contribution is 2.73. The molecule has 0 aromatic heterocycles. The largest absolute Gasteiger partial charge is 0.456 e. The molecular weight excluding hydrogens is 427 g/mol. The molecule has 0 spiro atoms. The molecule has 0 aliphatic carbocycles. The molecule has 5 nitrogen and oxygen atoms in total. The third-order valence-corrected chi connectivity index (χ3v) is 6.38. The quantitative estimate of drug-likeness (QED) is 0.616. The molecule has 1 atom stereocenters. The molecule has 1 aliphatic rings. The van der Waals surface area contributed by atoms with Crippen molar-refractivity contribution in [3.8, 4) is 17.6 Å². The summed E-state index contributed by atoms with van der Waals surface area (Å²) in [5, 5.41) is 14.5. The highest BCUT2D eigenvalue weighted by molar-refractivity contribution is 9.10. The molecule has 0 saturated heterocycles. The smallest absolute Gasteiger partial charge is 0.371 e. The third-order valence-electron chi connectivity index (χ3n) is 3.61. The minimum Gasteiger partial charge on any atom is -0.456 e. The number of halogens is 4. The first kappa shape index (κ1) is 18.0. The summed E-state index contributed by atoms with van der Waals surface area (Å²) in [7, 11) is -4.53. The van der Waals surface area contributed by atoms with E-state index in [-0.39, 0.29) is 21.5 Å². The van der Waals surface area contributed by atoms with Crippen molar-refractivity contribution in [2.75, 3.05) is 0 Å². The summed E-state index contributed by atoms with van der Waals surface area (Å²) in [6.45, 7) is 0. The standard InChI is InChI=1S/C15H9BrF3NO4S/c16-13-10(24-9-4-7(6-20)3-8(17)5-9)1-2-11-12(13)14(21)15(18,19)25(11,22)23/h1-5,14,21-23H. The van der Waals surface area contributed by atoms with Gasteiger partial charge in [-0.25, -0.2) is 4.39 Å². The van der Waals surface area contributed by atoms with Gasteiger partial charge in [0.2, 0.25) is 0 Å². The number of nitrogens with zero attached hydrogens (tertiary/aromatic N) is 1. The van der Waals surface area contributed by atoms with Crippen LogP contribution in [-0.2, 0) is 0 Å². The van der Waals surface area contributed by atoms with Crippen LogP contribution in [0.4, 0.5) is 13.2 Å². The van der Waals surface area contributed by atoms with E-state index in [1.807, 2.05) is 0 Å². The SMILES string of the molecule is N#Cc1cc(F)cc(Oc2ccc3c(c2Br)C(O)C(F)(F)S3(O)O)c1. The Hall–Kier alpha value is -1.77. The molecule has 0 saturated carbocycles. The summed E-state index contributed by atoms with van der Waals surface area (Å²) in [6, 6.07) is 7.13. The van der Waals surface area contributed by atoms with Gasteiger partial charge in [-0.3, -0.25) is 9.11 Å². The second kappa shape index (κ2) is 5.89. The molecule has 1 heterocycles. The summed E-state index contributed by atoms with van der Waals surface area (Å²) in [6.07, 6.45) is -2.45. The van der Waals surface area contributed by atoms with Crippen LogP contribution in [0.3, 0.4) is 0 Å². The van der Waals surface area contributed by atoms with Crippen LogP contribution in [0.15, 0.2) is 39.7 Å². The van der Waals surface area contributed by atoms with Gasteiger partial charge in [0.05, 0.1) is 21.0 Å². The van der Waals surface area contributed by atoms with Gasteiger partial charge < -0.3 is 9.84 Å². The Morgan fingerprint density at radius 1 is 1.24 bits per heavy atom. The van der Waals surface area contributed by atoms with Crippen molar-refractivity contribution in [3.63, 3.8) is 0 Å². The number of nitriles is 1. The molecule has 3 rings (SSSR count). The predicted molar refractivity (Wildman–Crippen MR) is 86.4 cm³/mol. The number of alkyl halides is 2.